The molecule has 5 nitrogen and oxygen atoms in total. The van der Waals surface area contributed by atoms with Gasteiger partial charge in [-0.25, -0.2) is 4.98 Å². The van der Waals surface area contributed by atoms with Gasteiger partial charge >= 0.3 is 0 Å². The second-order valence-corrected chi connectivity index (χ2v) is 7.28. The summed E-state index contributed by atoms with van der Waals surface area (Å²) in [4.78, 5) is 33.1. The van der Waals surface area contributed by atoms with Crippen LogP contribution in [0.15, 0.2) is 29.8 Å². The molecule has 1 aromatic carbocycles. The Balaban J connectivity index is 1.48. The van der Waals surface area contributed by atoms with E-state index in [2.05, 4.69) is 9.88 Å². The Morgan fingerprint density at radius 1 is 1.08 bits per heavy atom. The molecule has 0 bridgehead atoms. The van der Waals surface area contributed by atoms with E-state index in [1.807, 2.05) is 42.3 Å². The van der Waals surface area contributed by atoms with Crippen molar-refractivity contribution in [3.63, 3.8) is 0 Å². The predicted octanol–water partition coefficient (Wildman–Crippen LogP) is 3.07. The number of carbonyl (C=O) groups excluding carboxylic acids is 2. The smallest absolute Gasteiger partial charge is 0.223 e. The van der Waals surface area contributed by atoms with Crippen LogP contribution in [0.3, 0.4) is 0 Å². The minimum Gasteiger partial charge on any atom is -0.345 e. The van der Waals surface area contributed by atoms with E-state index in [0.717, 1.165) is 23.8 Å². The van der Waals surface area contributed by atoms with Crippen molar-refractivity contribution in [1.29, 1.82) is 0 Å². The van der Waals surface area contributed by atoms with E-state index in [1.54, 1.807) is 17.5 Å². The number of hydrogen-bond donors (Lipinski definition) is 0. The Kier molecular flexibility index (Phi) is 5.48. The van der Waals surface area contributed by atoms with Crippen molar-refractivity contribution in [1.82, 2.24) is 9.88 Å². The molecule has 2 heterocycles. The lowest BCUT2D eigenvalue weighted by atomic mass is 10.0. The van der Waals surface area contributed by atoms with Crippen LogP contribution in [0.5, 0.6) is 0 Å². The molecule has 1 amide bonds. The highest BCUT2D eigenvalue weighted by Gasteiger charge is 2.22. The van der Waals surface area contributed by atoms with E-state index in [-0.39, 0.29) is 24.5 Å². The normalized spacial score (nSPS) is 14.6. The number of ketones is 1. The molecule has 0 aliphatic carbocycles. The minimum atomic E-state index is 0.0397. The van der Waals surface area contributed by atoms with E-state index >= 15 is 0 Å². The third kappa shape index (κ3) is 4.25. The van der Waals surface area contributed by atoms with Gasteiger partial charge in [0, 0.05) is 56.2 Å². The zero-order valence-electron chi connectivity index (χ0n) is 14.7. The van der Waals surface area contributed by atoms with Crippen LogP contribution in [-0.2, 0) is 4.79 Å². The van der Waals surface area contributed by atoms with Crippen molar-refractivity contribution in [2.45, 2.75) is 26.7 Å². The zero-order valence-corrected chi connectivity index (χ0v) is 15.5. The van der Waals surface area contributed by atoms with Crippen molar-refractivity contribution >= 4 is 28.2 Å². The number of carbonyl (C=O) groups is 2. The Labute approximate surface area is 152 Å². The van der Waals surface area contributed by atoms with Gasteiger partial charge in [0.25, 0.3) is 0 Å². The molecule has 25 heavy (non-hydrogen) atoms. The maximum absolute atomic E-state index is 12.4. The average molecular weight is 357 g/mol. The molecule has 132 valence electrons. The SMILES string of the molecule is Cc1ccc(C(=O)CCC(=O)N2CCN(c3nccs3)CC2)cc1C. The molecule has 0 N–H and O–H groups in total. The Bertz CT molecular complexity index is 750. The molecule has 1 saturated heterocycles. The molecular formula is C19H23N3O2S. The summed E-state index contributed by atoms with van der Waals surface area (Å²) < 4.78 is 0. The van der Waals surface area contributed by atoms with Gasteiger partial charge in [0.15, 0.2) is 10.9 Å². The van der Waals surface area contributed by atoms with Gasteiger partial charge in [-0.2, -0.15) is 0 Å². The standard InChI is InChI=1S/C19H23N3O2S/c1-14-3-4-16(13-15(14)2)17(23)5-6-18(24)21-8-10-22(11-9-21)19-20-7-12-25-19/h3-4,7,12-13H,5-6,8-11H2,1-2H3. The Morgan fingerprint density at radius 2 is 1.84 bits per heavy atom. The summed E-state index contributed by atoms with van der Waals surface area (Å²) in [6.45, 7) is 7.00. The molecule has 1 aliphatic rings. The first kappa shape index (κ1) is 17.6. The molecule has 6 heteroatoms. The summed E-state index contributed by atoms with van der Waals surface area (Å²) in [5, 5.41) is 2.97. The van der Waals surface area contributed by atoms with Crippen LogP contribution >= 0.6 is 11.3 Å². The van der Waals surface area contributed by atoms with Gasteiger partial charge in [-0.05, 0) is 31.0 Å². The lowest BCUT2D eigenvalue weighted by molar-refractivity contribution is -0.131. The third-order valence-corrected chi connectivity index (χ3v) is 5.55. The molecular weight excluding hydrogens is 334 g/mol. The number of benzene rings is 1. The van der Waals surface area contributed by atoms with E-state index in [0.29, 0.717) is 18.7 Å². The highest BCUT2D eigenvalue weighted by molar-refractivity contribution is 7.13. The van der Waals surface area contributed by atoms with Crippen LogP contribution < -0.4 is 4.90 Å². The molecule has 3 rings (SSSR count). The molecule has 1 fully saturated rings. The van der Waals surface area contributed by atoms with Gasteiger partial charge in [0.2, 0.25) is 5.91 Å². The predicted molar refractivity (Wildman–Crippen MR) is 100 cm³/mol. The topological polar surface area (TPSA) is 53.5 Å². The number of hydrogen-bond acceptors (Lipinski definition) is 5. The fourth-order valence-corrected chi connectivity index (χ4v) is 3.65. The summed E-state index contributed by atoms with van der Waals surface area (Å²) in [7, 11) is 0. The Hall–Kier alpha value is -2.21. The van der Waals surface area contributed by atoms with Gasteiger partial charge in [-0.1, -0.05) is 12.1 Å². The lowest BCUT2D eigenvalue weighted by Gasteiger charge is -2.34. The van der Waals surface area contributed by atoms with Gasteiger partial charge in [-0.3, -0.25) is 9.59 Å². The van der Waals surface area contributed by atoms with Gasteiger partial charge in [0.1, 0.15) is 0 Å². The maximum Gasteiger partial charge on any atom is 0.223 e. The highest BCUT2D eigenvalue weighted by Crippen LogP contribution is 2.19. The van der Waals surface area contributed by atoms with E-state index < -0.39 is 0 Å². The van der Waals surface area contributed by atoms with E-state index in [9.17, 15) is 9.59 Å². The van der Waals surface area contributed by atoms with Crippen LogP contribution in [-0.4, -0.2) is 47.8 Å². The quantitative estimate of drug-likeness (QED) is 0.772. The Morgan fingerprint density at radius 3 is 2.48 bits per heavy atom. The fourth-order valence-electron chi connectivity index (χ4n) is 2.96. The van der Waals surface area contributed by atoms with Crippen LogP contribution in [0, 0.1) is 13.8 Å². The summed E-state index contributed by atoms with van der Waals surface area (Å²) >= 11 is 1.62. The molecule has 0 unspecified atom stereocenters. The number of aryl methyl sites for hydroxylation is 2. The number of amides is 1. The maximum atomic E-state index is 12.4. The lowest BCUT2D eigenvalue weighted by Crippen LogP contribution is -2.48. The van der Waals surface area contributed by atoms with Crippen molar-refractivity contribution in [2.24, 2.45) is 0 Å². The first-order valence-electron chi connectivity index (χ1n) is 8.57. The number of aromatic nitrogens is 1. The summed E-state index contributed by atoms with van der Waals surface area (Å²) in [5.74, 6) is 0.105. The number of anilines is 1. The van der Waals surface area contributed by atoms with Crippen molar-refractivity contribution in [3.05, 3.63) is 46.5 Å². The molecule has 1 aliphatic heterocycles. The average Bonchev–Trinajstić information content (AvgIpc) is 3.16. The van der Waals surface area contributed by atoms with Crippen molar-refractivity contribution < 1.29 is 9.59 Å². The van der Waals surface area contributed by atoms with E-state index in [1.165, 1.54) is 5.56 Å². The monoisotopic (exact) mass is 357 g/mol. The molecule has 0 saturated carbocycles. The van der Waals surface area contributed by atoms with Gasteiger partial charge < -0.3 is 9.80 Å². The number of nitrogens with zero attached hydrogens (tertiary/aromatic N) is 3. The second-order valence-electron chi connectivity index (χ2n) is 6.40. The van der Waals surface area contributed by atoms with Crippen LogP contribution in [0.4, 0.5) is 5.13 Å². The second kappa shape index (κ2) is 7.78. The molecule has 0 radical (unpaired) electrons. The van der Waals surface area contributed by atoms with Crippen LogP contribution in [0.25, 0.3) is 0 Å². The van der Waals surface area contributed by atoms with E-state index in [4.69, 9.17) is 0 Å². The molecule has 2 aromatic rings. The van der Waals surface area contributed by atoms with Crippen LogP contribution in [0.2, 0.25) is 0 Å². The highest BCUT2D eigenvalue weighted by atomic mass is 32.1. The van der Waals surface area contributed by atoms with Gasteiger partial charge in [-0.15, -0.1) is 11.3 Å². The van der Waals surface area contributed by atoms with Crippen molar-refractivity contribution in [2.75, 3.05) is 31.1 Å². The first-order chi connectivity index (χ1) is 12.0. The number of Topliss-reactive ketones (excluding diaryl/α,β-unsaturated/α-hetero) is 1. The molecule has 0 atom stereocenters. The fraction of sp³-hybridized carbons (Fsp3) is 0.421. The summed E-state index contributed by atoms with van der Waals surface area (Å²) in [5.41, 5.74) is 2.98. The van der Waals surface area contributed by atoms with Gasteiger partial charge in [0.05, 0.1) is 0 Å². The zero-order chi connectivity index (χ0) is 17.8. The first-order valence-corrected chi connectivity index (χ1v) is 9.45. The molecule has 1 aromatic heterocycles. The largest absolute Gasteiger partial charge is 0.345 e. The number of rotatable bonds is 5. The molecule has 0 spiro atoms. The summed E-state index contributed by atoms with van der Waals surface area (Å²) in [6, 6.07) is 5.72. The number of piperazine rings is 1. The van der Waals surface area contributed by atoms with Crippen LogP contribution in [0.1, 0.15) is 34.3 Å². The minimum absolute atomic E-state index is 0.0397. The van der Waals surface area contributed by atoms with Crippen molar-refractivity contribution in [3.8, 4) is 0 Å². The third-order valence-electron chi connectivity index (χ3n) is 4.72. The summed E-state index contributed by atoms with van der Waals surface area (Å²) in [6.07, 6.45) is 2.35. The number of thiazole rings is 1.